The molecule has 0 radical (unpaired) electrons. The summed E-state index contributed by atoms with van der Waals surface area (Å²) >= 11 is 7.46. The van der Waals surface area contributed by atoms with Gasteiger partial charge < -0.3 is 26.8 Å². The molecular weight excluding hydrogens is 424 g/mol. The highest BCUT2D eigenvalue weighted by atomic mass is 35.5. The van der Waals surface area contributed by atoms with Crippen LogP contribution >= 0.6 is 23.4 Å². The number of benzene rings is 1. The van der Waals surface area contributed by atoms with Gasteiger partial charge in [0.1, 0.15) is 10.7 Å². The van der Waals surface area contributed by atoms with Crippen LogP contribution in [0.15, 0.2) is 32.8 Å². The van der Waals surface area contributed by atoms with Crippen LogP contribution in [0, 0.1) is 5.41 Å². The Morgan fingerprint density at radius 2 is 2.00 bits per heavy atom. The second kappa shape index (κ2) is 7.96. The third-order valence-corrected chi connectivity index (χ3v) is 8.03. The van der Waals surface area contributed by atoms with Crippen LogP contribution in [-0.2, 0) is 11.8 Å². The van der Waals surface area contributed by atoms with Gasteiger partial charge in [-0.25, -0.2) is 0 Å². The van der Waals surface area contributed by atoms with E-state index >= 15 is 0 Å². The lowest BCUT2D eigenvalue weighted by Gasteiger charge is -2.41. The lowest BCUT2D eigenvalue weighted by molar-refractivity contribution is 0.0973. The van der Waals surface area contributed by atoms with Crippen LogP contribution in [0.25, 0.3) is 0 Å². The zero-order valence-corrected chi connectivity index (χ0v) is 18.7. The molecule has 6 N–H and O–H groups in total. The summed E-state index contributed by atoms with van der Waals surface area (Å²) in [5.74, 6) is 0.752. The number of ether oxygens (including phenoxy) is 1. The third-order valence-electron chi connectivity index (χ3n) is 6.35. The SMILES string of the molecule is C[C@@H]1OCC2(CCN(c3nc(N)c(Sc4cccc(N)c4Cl)c(=O)n3C)CC2)[C@@H]1N. The van der Waals surface area contributed by atoms with E-state index in [1.807, 2.05) is 6.92 Å². The van der Waals surface area contributed by atoms with Crippen molar-refractivity contribution in [3.05, 3.63) is 33.6 Å². The molecule has 1 aromatic carbocycles. The van der Waals surface area contributed by atoms with Crippen LogP contribution in [0.5, 0.6) is 0 Å². The molecule has 30 heavy (non-hydrogen) atoms. The Bertz CT molecular complexity index is 1020. The molecule has 3 heterocycles. The number of piperidine rings is 1. The number of nitrogen functional groups attached to an aromatic ring is 2. The van der Waals surface area contributed by atoms with E-state index in [2.05, 4.69) is 9.88 Å². The first-order chi connectivity index (χ1) is 14.2. The minimum absolute atomic E-state index is 0.000108. The molecule has 1 spiro atoms. The third kappa shape index (κ3) is 3.53. The second-order valence-corrected chi connectivity index (χ2v) is 9.57. The molecule has 8 nitrogen and oxygen atoms in total. The van der Waals surface area contributed by atoms with Crippen molar-refractivity contribution in [2.45, 2.75) is 41.7 Å². The second-order valence-electron chi connectivity index (χ2n) is 8.14. The lowest BCUT2D eigenvalue weighted by Crippen LogP contribution is -2.51. The summed E-state index contributed by atoms with van der Waals surface area (Å²) in [6, 6.07) is 5.32. The van der Waals surface area contributed by atoms with Gasteiger partial charge in [0.2, 0.25) is 5.95 Å². The Morgan fingerprint density at radius 1 is 1.30 bits per heavy atom. The number of nitrogens with two attached hydrogens (primary N) is 3. The zero-order chi connectivity index (χ0) is 21.6. The minimum Gasteiger partial charge on any atom is -0.397 e. The molecule has 4 rings (SSSR count). The summed E-state index contributed by atoms with van der Waals surface area (Å²) in [5, 5.41) is 0.402. The van der Waals surface area contributed by atoms with Gasteiger partial charge in [-0.1, -0.05) is 29.4 Å². The van der Waals surface area contributed by atoms with Gasteiger partial charge in [-0.3, -0.25) is 9.36 Å². The number of rotatable bonds is 3. The predicted octanol–water partition coefficient (Wildman–Crippen LogP) is 2.08. The largest absolute Gasteiger partial charge is 0.397 e. The zero-order valence-electron chi connectivity index (χ0n) is 17.1. The van der Waals surface area contributed by atoms with E-state index in [1.54, 1.807) is 29.8 Å². The first-order valence-corrected chi connectivity index (χ1v) is 11.1. The number of hydrogen-bond donors (Lipinski definition) is 3. The van der Waals surface area contributed by atoms with E-state index in [1.165, 1.54) is 11.8 Å². The standard InChI is InChI=1S/C20H27ClN6O2S/c1-11-16(23)20(10-29-11)6-8-27(9-7-20)19-25-17(24)15(18(28)26(19)2)30-13-5-3-4-12(22)14(13)21/h3-5,11,16H,6-10,22-24H2,1-2H3/t11-,16+/m0/s1. The minimum atomic E-state index is -0.212. The maximum Gasteiger partial charge on any atom is 0.270 e. The van der Waals surface area contributed by atoms with Crippen LogP contribution in [0.1, 0.15) is 19.8 Å². The summed E-state index contributed by atoms with van der Waals surface area (Å²) in [5.41, 5.74) is 18.7. The normalized spacial score (nSPS) is 23.3. The van der Waals surface area contributed by atoms with Crippen molar-refractivity contribution in [2.75, 3.05) is 36.1 Å². The molecule has 0 bridgehead atoms. The van der Waals surface area contributed by atoms with Gasteiger partial charge in [-0.2, -0.15) is 4.98 Å². The molecular formula is C20H27ClN6O2S. The van der Waals surface area contributed by atoms with Crippen molar-refractivity contribution in [1.29, 1.82) is 0 Å². The highest BCUT2D eigenvalue weighted by molar-refractivity contribution is 7.99. The molecule has 0 unspecified atom stereocenters. The fraction of sp³-hybridized carbons (Fsp3) is 0.500. The fourth-order valence-corrected chi connectivity index (χ4v) is 5.50. The molecule has 2 fully saturated rings. The van der Waals surface area contributed by atoms with E-state index < -0.39 is 0 Å². The number of anilines is 3. The van der Waals surface area contributed by atoms with E-state index in [4.69, 9.17) is 33.5 Å². The summed E-state index contributed by atoms with van der Waals surface area (Å²) in [6.07, 6.45) is 1.86. The predicted molar refractivity (Wildman–Crippen MR) is 121 cm³/mol. The molecule has 0 amide bonds. The smallest absolute Gasteiger partial charge is 0.270 e. The molecule has 10 heteroatoms. The fourth-order valence-electron chi connectivity index (χ4n) is 4.31. The Kier molecular flexibility index (Phi) is 5.65. The lowest BCUT2D eigenvalue weighted by atomic mass is 9.73. The van der Waals surface area contributed by atoms with Gasteiger partial charge in [0, 0.05) is 36.5 Å². The Hall–Kier alpha value is -1.94. The van der Waals surface area contributed by atoms with Crippen molar-refractivity contribution in [3.63, 3.8) is 0 Å². The molecule has 2 aliphatic rings. The number of halogens is 1. The molecule has 2 saturated heterocycles. The molecule has 2 aromatic rings. The van der Waals surface area contributed by atoms with E-state index in [-0.39, 0.29) is 28.9 Å². The van der Waals surface area contributed by atoms with Crippen LogP contribution in [0.4, 0.5) is 17.5 Å². The van der Waals surface area contributed by atoms with Crippen LogP contribution < -0.4 is 27.7 Å². The average molecular weight is 451 g/mol. The van der Waals surface area contributed by atoms with Gasteiger partial charge in [-0.05, 0) is 31.9 Å². The van der Waals surface area contributed by atoms with Gasteiger partial charge in [0.15, 0.2) is 0 Å². The molecule has 162 valence electrons. The Balaban J connectivity index is 1.58. The highest BCUT2D eigenvalue weighted by Crippen LogP contribution is 2.42. The Labute approximate surface area is 184 Å². The first-order valence-electron chi connectivity index (χ1n) is 9.94. The van der Waals surface area contributed by atoms with Crippen molar-refractivity contribution >= 4 is 40.8 Å². The van der Waals surface area contributed by atoms with E-state index in [0.717, 1.165) is 25.9 Å². The Morgan fingerprint density at radius 3 is 2.63 bits per heavy atom. The quantitative estimate of drug-likeness (QED) is 0.607. The monoisotopic (exact) mass is 450 g/mol. The molecule has 0 saturated carbocycles. The van der Waals surface area contributed by atoms with Crippen LogP contribution in [-0.4, -0.2) is 41.4 Å². The van der Waals surface area contributed by atoms with Crippen molar-refractivity contribution in [1.82, 2.24) is 9.55 Å². The van der Waals surface area contributed by atoms with Crippen molar-refractivity contribution in [3.8, 4) is 0 Å². The number of hydrogen-bond acceptors (Lipinski definition) is 8. The van der Waals surface area contributed by atoms with Crippen LogP contribution in [0.3, 0.4) is 0 Å². The van der Waals surface area contributed by atoms with Gasteiger partial charge in [0.25, 0.3) is 5.56 Å². The summed E-state index contributed by atoms with van der Waals surface area (Å²) in [7, 11) is 1.71. The molecule has 2 aliphatic heterocycles. The summed E-state index contributed by atoms with van der Waals surface area (Å²) in [6.45, 7) is 4.21. The summed E-state index contributed by atoms with van der Waals surface area (Å²) < 4.78 is 7.34. The van der Waals surface area contributed by atoms with Gasteiger partial charge >= 0.3 is 0 Å². The van der Waals surface area contributed by atoms with Gasteiger partial charge in [0.05, 0.1) is 23.4 Å². The van der Waals surface area contributed by atoms with E-state index in [0.29, 0.717) is 33.1 Å². The maximum absolute atomic E-state index is 13.1. The summed E-state index contributed by atoms with van der Waals surface area (Å²) in [4.78, 5) is 20.7. The van der Waals surface area contributed by atoms with Crippen molar-refractivity contribution in [2.24, 2.45) is 18.2 Å². The highest BCUT2D eigenvalue weighted by Gasteiger charge is 2.47. The van der Waals surface area contributed by atoms with Crippen molar-refractivity contribution < 1.29 is 4.74 Å². The first kappa shape index (κ1) is 21.3. The number of aromatic nitrogens is 2. The molecule has 2 atom stereocenters. The van der Waals surface area contributed by atoms with E-state index in [9.17, 15) is 4.79 Å². The van der Waals surface area contributed by atoms with Crippen LogP contribution in [0.2, 0.25) is 5.02 Å². The average Bonchev–Trinajstić information content (AvgIpc) is 3.00. The van der Waals surface area contributed by atoms with Gasteiger partial charge in [-0.15, -0.1) is 0 Å². The molecule has 1 aromatic heterocycles. The molecule has 0 aliphatic carbocycles. The topological polar surface area (TPSA) is 125 Å². The maximum atomic E-state index is 13.1. The number of nitrogens with zero attached hydrogens (tertiary/aromatic N) is 3.